The largest absolute Gasteiger partial charge is 0.484 e. The minimum Gasteiger partial charge on any atom is -0.484 e. The molecule has 0 aliphatic rings. The second-order valence-corrected chi connectivity index (χ2v) is 6.50. The third-order valence-corrected chi connectivity index (χ3v) is 4.37. The number of benzene rings is 3. The van der Waals surface area contributed by atoms with Gasteiger partial charge in [0.1, 0.15) is 16.9 Å². The summed E-state index contributed by atoms with van der Waals surface area (Å²) < 4.78 is 37.3. The summed E-state index contributed by atoms with van der Waals surface area (Å²) in [4.78, 5) is 23.8. The van der Waals surface area contributed by atoms with Crippen LogP contribution in [0.1, 0.15) is 0 Å². The number of amides is 2. The number of carbonyl (C=O) groups is 2. The normalized spacial score (nSPS) is 10.9. The average Bonchev–Trinajstić information content (AvgIpc) is 3.11. The molecule has 0 aliphatic carbocycles. The van der Waals surface area contributed by atoms with Crippen molar-refractivity contribution >= 4 is 39.4 Å². The van der Waals surface area contributed by atoms with Gasteiger partial charge in [0.15, 0.2) is 18.2 Å². The van der Waals surface area contributed by atoms with Gasteiger partial charge in [-0.2, -0.15) is 0 Å². The maximum Gasteiger partial charge on any atom is 0.258 e. The molecule has 0 bridgehead atoms. The number of halogens is 2. The summed E-state index contributed by atoms with van der Waals surface area (Å²) in [5, 5.41) is 6.57. The van der Waals surface area contributed by atoms with Crippen LogP contribution in [0.4, 0.5) is 14.5 Å². The quantitative estimate of drug-likeness (QED) is 0.504. The second kappa shape index (κ2) is 8.20. The first-order chi connectivity index (χ1) is 14.5. The van der Waals surface area contributed by atoms with Gasteiger partial charge in [-0.1, -0.05) is 18.2 Å². The number of hydrogen-bond donors (Lipinski definition) is 2. The fourth-order valence-corrected chi connectivity index (χ4v) is 2.95. The lowest BCUT2D eigenvalue weighted by atomic mass is 10.1. The summed E-state index contributed by atoms with van der Waals surface area (Å²) >= 11 is 0. The highest BCUT2D eigenvalue weighted by Gasteiger charge is 2.11. The molecule has 0 saturated heterocycles. The number of ether oxygens (including phenoxy) is 1. The van der Waals surface area contributed by atoms with Crippen molar-refractivity contribution in [3.63, 3.8) is 0 Å². The summed E-state index contributed by atoms with van der Waals surface area (Å²) in [5.74, 6) is -2.70. The molecular weight excluding hydrogens is 394 g/mol. The molecule has 0 fully saturated rings. The number of anilines is 1. The van der Waals surface area contributed by atoms with Crippen molar-refractivity contribution in [3.8, 4) is 5.75 Å². The fourth-order valence-electron chi connectivity index (χ4n) is 2.95. The van der Waals surface area contributed by atoms with Gasteiger partial charge in [-0.05, 0) is 36.4 Å². The average molecular weight is 410 g/mol. The van der Waals surface area contributed by atoms with Crippen LogP contribution in [0.2, 0.25) is 0 Å². The van der Waals surface area contributed by atoms with Crippen molar-refractivity contribution in [1.29, 1.82) is 0 Å². The highest BCUT2D eigenvalue weighted by atomic mass is 19.2. The zero-order valence-corrected chi connectivity index (χ0v) is 15.6. The minimum absolute atomic E-state index is 0.0880. The van der Waals surface area contributed by atoms with Crippen LogP contribution in [-0.4, -0.2) is 25.0 Å². The van der Waals surface area contributed by atoms with Gasteiger partial charge < -0.3 is 19.8 Å². The van der Waals surface area contributed by atoms with E-state index in [9.17, 15) is 18.4 Å². The Morgan fingerprint density at radius 1 is 0.867 bits per heavy atom. The van der Waals surface area contributed by atoms with Gasteiger partial charge in [0.25, 0.3) is 5.91 Å². The molecule has 0 aliphatic heterocycles. The molecule has 0 spiro atoms. The Balaban J connectivity index is 1.30. The zero-order valence-electron chi connectivity index (χ0n) is 15.6. The number of fused-ring (bicyclic) bond motifs is 3. The molecule has 1 aromatic heterocycles. The topological polar surface area (TPSA) is 80.6 Å². The Labute approximate surface area is 169 Å². The van der Waals surface area contributed by atoms with Crippen molar-refractivity contribution in [3.05, 3.63) is 72.3 Å². The molecular formula is C22H16F2N2O4. The number of nitrogens with one attached hydrogen (secondary N) is 2. The lowest BCUT2D eigenvalue weighted by molar-refractivity contribution is -0.125. The Hall–Kier alpha value is -3.94. The fraction of sp³-hybridized carbons (Fsp3) is 0.0909. The number of para-hydroxylation sites is 1. The molecule has 0 saturated carbocycles. The molecule has 4 rings (SSSR count). The lowest BCUT2D eigenvalue weighted by Gasteiger charge is -2.08. The van der Waals surface area contributed by atoms with E-state index < -0.39 is 23.4 Å². The van der Waals surface area contributed by atoms with Crippen LogP contribution in [0.3, 0.4) is 0 Å². The van der Waals surface area contributed by atoms with Gasteiger partial charge in [0, 0.05) is 22.5 Å². The molecule has 0 radical (unpaired) electrons. The molecule has 1 heterocycles. The summed E-state index contributed by atoms with van der Waals surface area (Å²) in [6.07, 6.45) is 0. The third-order valence-electron chi connectivity index (χ3n) is 4.37. The van der Waals surface area contributed by atoms with Crippen molar-refractivity contribution in [2.24, 2.45) is 0 Å². The molecule has 3 aromatic carbocycles. The van der Waals surface area contributed by atoms with E-state index in [2.05, 4.69) is 10.6 Å². The van der Waals surface area contributed by atoms with E-state index in [0.717, 1.165) is 28.5 Å². The van der Waals surface area contributed by atoms with E-state index in [1.807, 2.05) is 24.3 Å². The first kappa shape index (κ1) is 19.4. The molecule has 2 amide bonds. The molecule has 4 aromatic rings. The molecule has 0 atom stereocenters. The van der Waals surface area contributed by atoms with E-state index in [4.69, 9.17) is 9.15 Å². The van der Waals surface area contributed by atoms with Crippen LogP contribution >= 0.6 is 0 Å². The molecule has 0 unspecified atom stereocenters. The van der Waals surface area contributed by atoms with Crippen LogP contribution in [0.15, 0.2) is 65.1 Å². The molecule has 6 nitrogen and oxygen atoms in total. The standard InChI is InChI=1S/C22H16F2N2O4/c23-17-7-5-13(9-18(17)24)26-21(27)11-25-22(28)12-29-14-6-8-20-16(10-14)15-3-1-2-4-19(15)30-20/h1-10H,11-12H2,(H,25,28)(H,26,27). The van der Waals surface area contributed by atoms with Crippen LogP contribution in [0.5, 0.6) is 5.75 Å². The molecule has 8 heteroatoms. The number of carbonyl (C=O) groups excluding carboxylic acids is 2. The van der Waals surface area contributed by atoms with Crippen LogP contribution < -0.4 is 15.4 Å². The Kier molecular flexibility index (Phi) is 5.30. The van der Waals surface area contributed by atoms with Crippen molar-refractivity contribution < 1.29 is 27.5 Å². The predicted molar refractivity (Wildman–Crippen MR) is 107 cm³/mol. The highest BCUT2D eigenvalue weighted by Crippen LogP contribution is 2.31. The molecule has 30 heavy (non-hydrogen) atoms. The van der Waals surface area contributed by atoms with Gasteiger partial charge in [-0.15, -0.1) is 0 Å². The Morgan fingerprint density at radius 3 is 2.50 bits per heavy atom. The van der Waals surface area contributed by atoms with E-state index >= 15 is 0 Å². The summed E-state index contributed by atoms with van der Waals surface area (Å²) in [7, 11) is 0. The SMILES string of the molecule is O=C(COc1ccc2oc3ccccc3c2c1)NCC(=O)Nc1ccc(F)c(F)c1. The van der Waals surface area contributed by atoms with Crippen molar-refractivity contribution in [1.82, 2.24) is 5.32 Å². The van der Waals surface area contributed by atoms with Gasteiger partial charge in [0.2, 0.25) is 5.91 Å². The van der Waals surface area contributed by atoms with Crippen molar-refractivity contribution in [2.75, 3.05) is 18.5 Å². The van der Waals surface area contributed by atoms with Crippen LogP contribution in [-0.2, 0) is 9.59 Å². The van der Waals surface area contributed by atoms with Crippen LogP contribution in [0.25, 0.3) is 21.9 Å². The third kappa shape index (κ3) is 4.22. The lowest BCUT2D eigenvalue weighted by Crippen LogP contribution is -2.35. The smallest absolute Gasteiger partial charge is 0.258 e. The van der Waals surface area contributed by atoms with Crippen LogP contribution in [0, 0.1) is 11.6 Å². The number of furan rings is 1. The van der Waals surface area contributed by atoms with E-state index in [0.29, 0.717) is 11.3 Å². The Bertz CT molecular complexity index is 1250. The van der Waals surface area contributed by atoms with E-state index in [1.54, 1.807) is 18.2 Å². The van der Waals surface area contributed by atoms with Gasteiger partial charge in [0.05, 0.1) is 6.54 Å². The first-order valence-corrected chi connectivity index (χ1v) is 9.05. The van der Waals surface area contributed by atoms with Crippen molar-refractivity contribution in [2.45, 2.75) is 0 Å². The highest BCUT2D eigenvalue weighted by molar-refractivity contribution is 6.05. The van der Waals surface area contributed by atoms with Gasteiger partial charge in [-0.25, -0.2) is 8.78 Å². The second-order valence-electron chi connectivity index (χ2n) is 6.50. The van der Waals surface area contributed by atoms with E-state index in [-0.39, 0.29) is 18.8 Å². The predicted octanol–water partition coefficient (Wildman–Crippen LogP) is 4.00. The minimum atomic E-state index is -1.08. The summed E-state index contributed by atoms with van der Waals surface area (Å²) in [6.45, 7) is -0.633. The maximum atomic E-state index is 13.1. The van der Waals surface area contributed by atoms with Gasteiger partial charge in [-0.3, -0.25) is 9.59 Å². The monoisotopic (exact) mass is 410 g/mol. The Morgan fingerprint density at radius 2 is 1.67 bits per heavy atom. The maximum absolute atomic E-state index is 13.1. The summed E-state index contributed by atoms with van der Waals surface area (Å²) in [5.41, 5.74) is 1.56. The van der Waals surface area contributed by atoms with E-state index in [1.165, 1.54) is 6.07 Å². The molecule has 2 N–H and O–H groups in total. The summed E-state index contributed by atoms with van der Waals surface area (Å²) in [6, 6.07) is 15.8. The number of hydrogen-bond acceptors (Lipinski definition) is 4. The number of rotatable bonds is 6. The zero-order chi connectivity index (χ0) is 21.1. The van der Waals surface area contributed by atoms with Gasteiger partial charge >= 0.3 is 0 Å². The first-order valence-electron chi connectivity index (χ1n) is 9.05. The molecule has 152 valence electrons.